The summed E-state index contributed by atoms with van der Waals surface area (Å²) >= 11 is 1.37. The molecule has 0 aliphatic carbocycles. The summed E-state index contributed by atoms with van der Waals surface area (Å²) in [7, 11) is 0. The molecule has 0 aromatic heterocycles. The zero-order valence-corrected chi connectivity index (χ0v) is 19.8. The predicted octanol–water partition coefficient (Wildman–Crippen LogP) is 2.19. The van der Waals surface area contributed by atoms with Crippen LogP contribution in [0.5, 0.6) is 0 Å². The van der Waals surface area contributed by atoms with Gasteiger partial charge in [0.25, 0.3) is 0 Å². The zero-order valence-electron chi connectivity index (χ0n) is 19.0. The van der Waals surface area contributed by atoms with Crippen molar-refractivity contribution in [1.29, 1.82) is 0 Å². The maximum absolute atomic E-state index is 12.5. The molecule has 2 rings (SSSR count). The van der Waals surface area contributed by atoms with Gasteiger partial charge in [-0.1, -0.05) is 37.3 Å². The first-order chi connectivity index (χ1) is 15.7. The summed E-state index contributed by atoms with van der Waals surface area (Å²) in [6.07, 6.45) is -3.78. The largest absolute Gasteiger partial charge is 0.462 e. The normalized spacial score (nSPS) is 22.7. The van der Waals surface area contributed by atoms with Crippen LogP contribution in [-0.2, 0) is 44.7 Å². The Morgan fingerprint density at radius 1 is 1.03 bits per heavy atom. The number of ether oxygens (including phenoxy) is 5. The average Bonchev–Trinajstić information content (AvgIpc) is 3.06. The van der Waals surface area contributed by atoms with E-state index in [1.807, 2.05) is 37.3 Å². The Bertz CT molecular complexity index is 819. The van der Waals surface area contributed by atoms with Crippen molar-refractivity contribution in [2.45, 2.75) is 64.1 Å². The number of carbonyl (C=O) groups excluding carboxylic acids is 4. The topological polar surface area (TPSA) is 126 Å². The van der Waals surface area contributed by atoms with Crippen molar-refractivity contribution in [3.63, 3.8) is 0 Å². The molecule has 0 radical (unpaired) electrons. The monoisotopic (exact) mass is 483 g/mol. The quantitative estimate of drug-likeness (QED) is 0.391. The van der Waals surface area contributed by atoms with Gasteiger partial charge in [-0.2, -0.15) is 0 Å². The van der Waals surface area contributed by atoms with E-state index in [1.165, 1.54) is 32.5 Å². The van der Waals surface area contributed by atoms with E-state index < -0.39 is 53.8 Å². The molecule has 33 heavy (non-hydrogen) atoms. The van der Waals surface area contributed by atoms with E-state index in [0.29, 0.717) is 5.75 Å². The Morgan fingerprint density at radius 2 is 1.73 bits per heavy atom. The van der Waals surface area contributed by atoms with Gasteiger partial charge in [0, 0.05) is 20.8 Å². The van der Waals surface area contributed by atoms with E-state index in [4.69, 9.17) is 23.7 Å². The summed E-state index contributed by atoms with van der Waals surface area (Å²) in [6.45, 7) is 5.28. The molecule has 1 amide bonds. The van der Waals surface area contributed by atoms with E-state index in [-0.39, 0.29) is 13.2 Å². The Balaban J connectivity index is 2.21. The molecule has 0 bridgehead atoms. The van der Waals surface area contributed by atoms with Crippen molar-refractivity contribution < 1.29 is 42.9 Å². The van der Waals surface area contributed by atoms with Crippen LogP contribution in [0.15, 0.2) is 30.3 Å². The number of esters is 3. The second kappa shape index (κ2) is 13.0. The maximum atomic E-state index is 12.5. The van der Waals surface area contributed by atoms with Crippen LogP contribution in [0.1, 0.15) is 33.3 Å². The van der Waals surface area contributed by atoms with Crippen LogP contribution in [0.3, 0.4) is 0 Å². The van der Waals surface area contributed by atoms with Crippen molar-refractivity contribution in [3.8, 4) is 0 Å². The summed E-state index contributed by atoms with van der Waals surface area (Å²) < 4.78 is 27.1. The molecule has 11 heteroatoms. The highest BCUT2D eigenvalue weighted by atomic mass is 32.2. The molecule has 1 saturated heterocycles. The van der Waals surface area contributed by atoms with E-state index in [2.05, 4.69) is 5.32 Å². The number of nitrogens with one attached hydrogen (secondary N) is 1. The Hall–Kier alpha value is -2.79. The van der Waals surface area contributed by atoms with Gasteiger partial charge in [0.2, 0.25) is 0 Å². The number of alkyl carbamates (subject to hydrolysis) is 1. The van der Waals surface area contributed by atoms with Crippen molar-refractivity contribution in [3.05, 3.63) is 35.9 Å². The van der Waals surface area contributed by atoms with Crippen LogP contribution in [-0.4, -0.2) is 66.2 Å². The third kappa shape index (κ3) is 8.58. The Kier molecular flexibility index (Phi) is 10.5. The van der Waals surface area contributed by atoms with Crippen molar-refractivity contribution >= 4 is 35.8 Å². The molecule has 1 fully saturated rings. The first kappa shape index (κ1) is 26.5. The number of carbonyl (C=O) groups is 4. The third-order valence-corrected chi connectivity index (χ3v) is 5.59. The van der Waals surface area contributed by atoms with Gasteiger partial charge in [-0.15, -0.1) is 11.8 Å². The van der Waals surface area contributed by atoms with E-state index >= 15 is 0 Å². The molecule has 0 saturated carbocycles. The van der Waals surface area contributed by atoms with Gasteiger partial charge >= 0.3 is 24.0 Å². The fraction of sp³-hybridized carbons (Fsp3) is 0.545. The number of benzene rings is 1. The Morgan fingerprint density at radius 3 is 2.30 bits per heavy atom. The minimum atomic E-state index is -1.05. The van der Waals surface area contributed by atoms with Crippen molar-refractivity contribution in [2.75, 3.05) is 12.4 Å². The first-order valence-corrected chi connectivity index (χ1v) is 11.5. The molecule has 1 aliphatic rings. The molecular formula is C22H29NO9S. The van der Waals surface area contributed by atoms with Crippen LogP contribution in [0.2, 0.25) is 0 Å². The second-order valence-corrected chi connectivity index (χ2v) is 8.56. The van der Waals surface area contributed by atoms with E-state index in [1.54, 1.807) is 0 Å². The molecule has 1 N–H and O–H groups in total. The molecule has 0 spiro atoms. The summed E-state index contributed by atoms with van der Waals surface area (Å²) in [6, 6.07) is 8.34. The average molecular weight is 484 g/mol. The molecule has 1 aromatic rings. The molecule has 1 aliphatic heterocycles. The standard InChI is InChI=1S/C22H29NO9S/c1-5-33-21-18(23-22(27)29-11-16-9-7-6-8-10-16)20(31-15(4)26)19(32-21)17(30-14(3)25)12-28-13(2)24/h6-10,17-21H,5,11-12H2,1-4H3,(H,23,27)/t17-,18+,19+,20+,21+/m1/s1. The molecule has 10 nitrogen and oxygen atoms in total. The minimum absolute atomic E-state index is 0.0516. The zero-order chi connectivity index (χ0) is 24.4. The Labute approximate surface area is 196 Å². The molecule has 5 atom stereocenters. The van der Waals surface area contributed by atoms with Crippen molar-refractivity contribution in [1.82, 2.24) is 5.32 Å². The minimum Gasteiger partial charge on any atom is -0.462 e. The van der Waals surface area contributed by atoms with Gasteiger partial charge in [0.05, 0.1) is 0 Å². The summed E-state index contributed by atoms with van der Waals surface area (Å²) in [4.78, 5) is 47.3. The van der Waals surface area contributed by atoms with Crippen LogP contribution < -0.4 is 5.32 Å². The number of hydrogen-bond donors (Lipinski definition) is 1. The molecule has 1 aromatic carbocycles. The lowest BCUT2D eigenvalue weighted by Crippen LogP contribution is -2.51. The molecule has 182 valence electrons. The number of hydrogen-bond acceptors (Lipinski definition) is 10. The van der Waals surface area contributed by atoms with E-state index in [9.17, 15) is 19.2 Å². The summed E-state index contributed by atoms with van der Waals surface area (Å²) in [5.41, 5.74) is 0.171. The van der Waals surface area contributed by atoms with Gasteiger partial charge in [0.15, 0.2) is 12.2 Å². The van der Waals surface area contributed by atoms with E-state index in [0.717, 1.165) is 5.56 Å². The number of thioether (sulfide) groups is 1. The smallest absolute Gasteiger partial charge is 0.407 e. The van der Waals surface area contributed by atoms with Gasteiger partial charge in [-0.25, -0.2) is 4.79 Å². The maximum Gasteiger partial charge on any atom is 0.407 e. The van der Waals surface area contributed by atoms with Gasteiger partial charge in [0.1, 0.15) is 30.8 Å². The lowest BCUT2D eigenvalue weighted by atomic mass is 10.0. The van der Waals surface area contributed by atoms with Crippen LogP contribution in [0.4, 0.5) is 4.79 Å². The number of rotatable bonds is 10. The fourth-order valence-corrected chi connectivity index (χ4v) is 4.24. The van der Waals surface area contributed by atoms with Gasteiger partial charge in [-0.3, -0.25) is 14.4 Å². The lowest BCUT2D eigenvalue weighted by molar-refractivity contribution is -0.173. The highest BCUT2D eigenvalue weighted by Gasteiger charge is 2.52. The first-order valence-electron chi connectivity index (χ1n) is 10.4. The second-order valence-electron chi connectivity index (χ2n) is 7.18. The predicted molar refractivity (Wildman–Crippen MR) is 118 cm³/mol. The molecule has 1 heterocycles. The fourth-order valence-electron chi connectivity index (χ4n) is 3.27. The van der Waals surface area contributed by atoms with Crippen LogP contribution in [0.25, 0.3) is 0 Å². The van der Waals surface area contributed by atoms with Crippen LogP contribution >= 0.6 is 11.8 Å². The SMILES string of the molecule is CCS[C@@H]1O[C@@H]([C@@H](COC(C)=O)OC(C)=O)[C@@H](OC(C)=O)[C@@H]1NC(=O)OCc1ccccc1. The summed E-state index contributed by atoms with van der Waals surface area (Å²) in [5.74, 6) is -1.19. The highest BCUT2D eigenvalue weighted by Crippen LogP contribution is 2.34. The number of amides is 1. The van der Waals surface area contributed by atoms with Gasteiger partial charge in [-0.05, 0) is 11.3 Å². The molecular weight excluding hydrogens is 454 g/mol. The van der Waals surface area contributed by atoms with Crippen molar-refractivity contribution in [2.24, 2.45) is 0 Å². The third-order valence-electron chi connectivity index (χ3n) is 4.53. The highest BCUT2D eigenvalue weighted by molar-refractivity contribution is 7.99. The lowest BCUT2D eigenvalue weighted by Gasteiger charge is -2.28. The summed E-state index contributed by atoms with van der Waals surface area (Å²) in [5, 5.41) is 2.71. The van der Waals surface area contributed by atoms with Crippen LogP contribution in [0, 0.1) is 0 Å². The van der Waals surface area contributed by atoms with Gasteiger partial charge < -0.3 is 29.0 Å². The molecule has 0 unspecified atom stereocenters.